The standard InChI is InChI=1S/C14H21N7/c1-11-5-3-8-20(10-6-11)13-17-12(15-2)18-14(19-13)21-9-4-7-16-21/h4,7,9,11H,3,5-6,8,10H2,1-2H3,(H,15,17,18,19). The van der Waals surface area contributed by atoms with E-state index < -0.39 is 0 Å². The van der Waals surface area contributed by atoms with Gasteiger partial charge in [-0.05, 0) is 31.2 Å². The summed E-state index contributed by atoms with van der Waals surface area (Å²) in [6.07, 6.45) is 7.18. The van der Waals surface area contributed by atoms with Gasteiger partial charge in [0.2, 0.25) is 11.9 Å². The Morgan fingerprint density at radius 1 is 1.14 bits per heavy atom. The largest absolute Gasteiger partial charge is 0.357 e. The van der Waals surface area contributed by atoms with Crippen molar-refractivity contribution in [1.29, 1.82) is 0 Å². The molecule has 2 aromatic heterocycles. The van der Waals surface area contributed by atoms with Gasteiger partial charge in [0.15, 0.2) is 0 Å². The molecule has 7 nitrogen and oxygen atoms in total. The SMILES string of the molecule is CNc1nc(N2CCCC(C)CC2)nc(-n2cccn2)n1. The Bertz CT molecular complexity index is 581. The topological polar surface area (TPSA) is 71.8 Å². The molecule has 1 fully saturated rings. The van der Waals surface area contributed by atoms with E-state index in [1.807, 2.05) is 19.3 Å². The van der Waals surface area contributed by atoms with Gasteiger partial charge in [0.25, 0.3) is 5.95 Å². The molecule has 1 aliphatic heterocycles. The van der Waals surface area contributed by atoms with Gasteiger partial charge in [-0.2, -0.15) is 20.1 Å². The summed E-state index contributed by atoms with van der Waals surface area (Å²) in [6, 6.07) is 1.86. The molecule has 0 aliphatic carbocycles. The van der Waals surface area contributed by atoms with Gasteiger partial charge in [-0.25, -0.2) is 4.68 Å². The van der Waals surface area contributed by atoms with Crippen LogP contribution in [0.4, 0.5) is 11.9 Å². The molecular weight excluding hydrogens is 266 g/mol. The third-order valence-corrected chi connectivity index (χ3v) is 3.84. The van der Waals surface area contributed by atoms with E-state index in [4.69, 9.17) is 0 Å². The highest BCUT2D eigenvalue weighted by molar-refractivity contribution is 5.39. The molecule has 2 aromatic rings. The Labute approximate surface area is 124 Å². The summed E-state index contributed by atoms with van der Waals surface area (Å²) in [6.45, 7) is 4.30. The lowest BCUT2D eigenvalue weighted by Crippen LogP contribution is -2.27. The molecule has 112 valence electrons. The zero-order chi connectivity index (χ0) is 14.7. The number of nitrogens with one attached hydrogen (secondary N) is 1. The van der Waals surface area contributed by atoms with Crippen LogP contribution in [0.3, 0.4) is 0 Å². The molecule has 21 heavy (non-hydrogen) atoms. The van der Waals surface area contributed by atoms with Gasteiger partial charge in [-0.1, -0.05) is 6.92 Å². The van der Waals surface area contributed by atoms with Gasteiger partial charge >= 0.3 is 0 Å². The quantitative estimate of drug-likeness (QED) is 0.927. The second kappa shape index (κ2) is 6.07. The van der Waals surface area contributed by atoms with Crippen LogP contribution in [0.25, 0.3) is 5.95 Å². The first-order valence-electron chi connectivity index (χ1n) is 7.45. The minimum atomic E-state index is 0.548. The molecule has 1 unspecified atom stereocenters. The summed E-state index contributed by atoms with van der Waals surface area (Å²) in [7, 11) is 1.82. The highest BCUT2D eigenvalue weighted by Crippen LogP contribution is 2.21. The van der Waals surface area contributed by atoms with Gasteiger partial charge in [-0.15, -0.1) is 0 Å². The first-order valence-corrected chi connectivity index (χ1v) is 7.45. The number of aromatic nitrogens is 5. The van der Waals surface area contributed by atoms with Gasteiger partial charge in [0.05, 0.1) is 0 Å². The van der Waals surface area contributed by atoms with Crippen LogP contribution < -0.4 is 10.2 Å². The van der Waals surface area contributed by atoms with Crippen molar-refractivity contribution < 1.29 is 0 Å². The van der Waals surface area contributed by atoms with Crippen LogP contribution in [0.2, 0.25) is 0 Å². The average Bonchev–Trinajstić information content (AvgIpc) is 2.96. The van der Waals surface area contributed by atoms with Crippen LogP contribution in [-0.2, 0) is 0 Å². The predicted molar refractivity (Wildman–Crippen MR) is 81.7 cm³/mol. The van der Waals surface area contributed by atoms with Gasteiger partial charge in [0.1, 0.15) is 0 Å². The molecule has 1 aliphatic rings. The molecule has 1 saturated heterocycles. The van der Waals surface area contributed by atoms with E-state index >= 15 is 0 Å². The number of hydrogen-bond acceptors (Lipinski definition) is 6. The first kappa shape index (κ1) is 13.8. The number of hydrogen-bond donors (Lipinski definition) is 1. The van der Waals surface area contributed by atoms with Crippen molar-refractivity contribution in [1.82, 2.24) is 24.7 Å². The Balaban J connectivity index is 1.92. The molecule has 3 heterocycles. The third kappa shape index (κ3) is 3.12. The van der Waals surface area contributed by atoms with E-state index in [2.05, 4.69) is 37.2 Å². The second-order valence-electron chi connectivity index (χ2n) is 5.48. The molecule has 0 amide bonds. The predicted octanol–water partition coefficient (Wildman–Crippen LogP) is 1.73. The van der Waals surface area contributed by atoms with Crippen molar-refractivity contribution in [2.75, 3.05) is 30.4 Å². The fourth-order valence-electron chi connectivity index (χ4n) is 2.56. The summed E-state index contributed by atoms with van der Waals surface area (Å²) >= 11 is 0. The normalized spacial score (nSPS) is 19.3. The summed E-state index contributed by atoms with van der Waals surface area (Å²) in [5.74, 6) is 2.62. The number of nitrogens with zero attached hydrogens (tertiary/aromatic N) is 6. The van der Waals surface area contributed by atoms with Crippen molar-refractivity contribution in [2.45, 2.75) is 26.2 Å². The zero-order valence-electron chi connectivity index (χ0n) is 12.5. The molecule has 0 bridgehead atoms. The monoisotopic (exact) mass is 287 g/mol. The van der Waals surface area contributed by atoms with Crippen molar-refractivity contribution in [3.05, 3.63) is 18.5 Å². The van der Waals surface area contributed by atoms with Crippen LogP contribution in [0.15, 0.2) is 18.5 Å². The molecule has 1 atom stereocenters. The molecule has 0 radical (unpaired) electrons. The van der Waals surface area contributed by atoms with E-state index in [1.165, 1.54) is 19.3 Å². The molecular formula is C14H21N7. The second-order valence-corrected chi connectivity index (χ2v) is 5.48. The van der Waals surface area contributed by atoms with Crippen LogP contribution in [0, 0.1) is 5.92 Å². The third-order valence-electron chi connectivity index (χ3n) is 3.84. The van der Waals surface area contributed by atoms with Crippen LogP contribution in [0.5, 0.6) is 0 Å². The van der Waals surface area contributed by atoms with Gasteiger partial charge in [0, 0.05) is 32.5 Å². The number of rotatable bonds is 3. The lowest BCUT2D eigenvalue weighted by atomic mass is 10.0. The van der Waals surface area contributed by atoms with Gasteiger partial charge in [-0.3, -0.25) is 0 Å². The molecule has 0 aromatic carbocycles. The Kier molecular flexibility index (Phi) is 3.98. The average molecular weight is 287 g/mol. The smallest absolute Gasteiger partial charge is 0.257 e. The lowest BCUT2D eigenvalue weighted by molar-refractivity contribution is 0.521. The van der Waals surface area contributed by atoms with E-state index in [0.717, 1.165) is 25.0 Å². The maximum Gasteiger partial charge on any atom is 0.257 e. The summed E-state index contributed by atoms with van der Waals surface area (Å²) in [5, 5.41) is 7.20. The minimum absolute atomic E-state index is 0.548. The van der Waals surface area contributed by atoms with Crippen molar-refractivity contribution in [3.63, 3.8) is 0 Å². The van der Waals surface area contributed by atoms with Crippen molar-refractivity contribution in [2.24, 2.45) is 5.92 Å². The zero-order valence-corrected chi connectivity index (χ0v) is 12.5. The van der Waals surface area contributed by atoms with Gasteiger partial charge < -0.3 is 10.2 Å². The van der Waals surface area contributed by atoms with Crippen LogP contribution in [-0.4, -0.2) is 44.9 Å². The summed E-state index contributed by atoms with van der Waals surface area (Å²) < 4.78 is 1.66. The maximum absolute atomic E-state index is 4.58. The van der Waals surface area contributed by atoms with E-state index in [0.29, 0.717) is 11.9 Å². The minimum Gasteiger partial charge on any atom is -0.357 e. The van der Waals surface area contributed by atoms with E-state index in [-0.39, 0.29) is 0 Å². The van der Waals surface area contributed by atoms with Crippen LogP contribution >= 0.6 is 0 Å². The summed E-state index contributed by atoms with van der Waals surface area (Å²) in [5.41, 5.74) is 0. The molecule has 0 saturated carbocycles. The highest BCUT2D eigenvalue weighted by atomic mass is 15.4. The fourth-order valence-corrected chi connectivity index (χ4v) is 2.56. The Morgan fingerprint density at radius 3 is 2.76 bits per heavy atom. The fraction of sp³-hybridized carbons (Fsp3) is 0.571. The highest BCUT2D eigenvalue weighted by Gasteiger charge is 2.18. The lowest BCUT2D eigenvalue weighted by Gasteiger charge is -2.21. The molecule has 3 rings (SSSR count). The molecule has 7 heteroatoms. The van der Waals surface area contributed by atoms with E-state index in [9.17, 15) is 0 Å². The van der Waals surface area contributed by atoms with E-state index in [1.54, 1.807) is 10.9 Å². The summed E-state index contributed by atoms with van der Waals surface area (Å²) in [4.78, 5) is 15.7. The van der Waals surface area contributed by atoms with Crippen LogP contribution in [0.1, 0.15) is 26.2 Å². The maximum atomic E-state index is 4.58. The van der Waals surface area contributed by atoms with Crippen molar-refractivity contribution >= 4 is 11.9 Å². The first-order chi connectivity index (χ1) is 10.3. The molecule has 1 N–H and O–H groups in total. The molecule has 0 spiro atoms. The Hall–Kier alpha value is -2.18. The Morgan fingerprint density at radius 2 is 2.00 bits per heavy atom. The number of anilines is 2. The van der Waals surface area contributed by atoms with Crippen molar-refractivity contribution in [3.8, 4) is 5.95 Å².